The fourth-order valence-corrected chi connectivity index (χ4v) is 2.72. The van der Waals surface area contributed by atoms with Crippen LogP contribution in [0.3, 0.4) is 0 Å². The second-order valence-corrected chi connectivity index (χ2v) is 6.32. The highest BCUT2D eigenvalue weighted by Gasteiger charge is 2.25. The highest BCUT2D eigenvalue weighted by atomic mass is 32.1. The number of rotatable bonds is 5. The first-order valence-electron chi connectivity index (χ1n) is 6.72. The van der Waals surface area contributed by atoms with Gasteiger partial charge in [-0.25, -0.2) is 0 Å². The van der Waals surface area contributed by atoms with E-state index in [0.717, 1.165) is 10.6 Å². The third kappa shape index (κ3) is 3.83. The van der Waals surface area contributed by atoms with Crippen LogP contribution in [0.15, 0.2) is 41.8 Å². The minimum Gasteiger partial charge on any atom is -0.383 e. The van der Waals surface area contributed by atoms with E-state index in [1.54, 1.807) is 19.1 Å². The summed E-state index contributed by atoms with van der Waals surface area (Å²) in [7, 11) is 3.90. The van der Waals surface area contributed by atoms with Crippen molar-refractivity contribution in [2.75, 3.05) is 25.5 Å². The highest BCUT2D eigenvalue weighted by Crippen LogP contribution is 2.24. The normalized spacial score (nSPS) is 13.5. The Morgan fingerprint density at radius 2 is 1.95 bits per heavy atom. The zero-order valence-corrected chi connectivity index (χ0v) is 13.3. The molecule has 0 radical (unpaired) electrons. The molecule has 1 aromatic carbocycles. The van der Waals surface area contributed by atoms with Crippen molar-refractivity contribution in [1.82, 2.24) is 5.32 Å². The molecule has 1 heterocycles. The molecule has 2 rings (SSSR count). The maximum absolute atomic E-state index is 12.1. The molecule has 0 aliphatic carbocycles. The average Bonchev–Trinajstić information content (AvgIpc) is 3.00. The number of hydrogen-bond acceptors (Lipinski definition) is 4. The quantitative estimate of drug-likeness (QED) is 0.892. The number of carbonyl (C=O) groups is 1. The van der Waals surface area contributed by atoms with Crippen LogP contribution in [-0.2, 0) is 5.60 Å². The number of aliphatic hydroxyl groups is 1. The number of hydrogen-bond donors (Lipinski definition) is 2. The molecule has 2 aromatic rings. The van der Waals surface area contributed by atoms with Crippen LogP contribution in [0.4, 0.5) is 5.69 Å². The van der Waals surface area contributed by atoms with Gasteiger partial charge in [0.05, 0.1) is 6.54 Å². The zero-order valence-electron chi connectivity index (χ0n) is 12.5. The van der Waals surface area contributed by atoms with Crippen molar-refractivity contribution in [3.8, 4) is 0 Å². The third-order valence-corrected chi connectivity index (χ3v) is 4.41. The molecule has 0 saturated carbocycles. The molecule has 1 aromatic heterocycles. The number of nitrogens with one attached hydrogen (secondary N) is 1. The van der Waals surface area contributed by atoms with Gasteiger partial charge in [0.2, 0.25) is 0 Å². The van der Waals surface area contributed by atoms with E-state index in [2.05, 4.69) is 5.32 Å². The molecule has 0 spiro atoms. The molecule has 0 fully saturated rings. The minimum absolute atomic E-state index is 0.182. The molecule has 1 amide bonds. The van der Waals surface area contributed by atoms with Crippen molar-refractivity contribution < 1.29 is 9.90 Å². The van der Waals surface area contributed by atoms with Crippen LogP contribution in [0, 0.1) is 0 Å². The standard InChI is InChI=1S/C16H20N2O2S/c1-16(20,14-5-4-10-21-14)11-17-15(19)12-6-8-13(9-7-12)18(2)3/h4-10,20H,11H2,1-3H3,(H,17,19). The molecule has 112 valence electrons. The van der Waals surface area contributed by atoms with Crippen molar-refractivity contribution >= 4 is 22.9 Å². The van der Waals surface area contributed by atoms with Crippen molar-refractivity contribution in [2.24, 2.45) is 0 Å². The molecule has 4 nitrogen and oxygen atoms in total. The van der Waals surface area contributed by atoms with Gasteiger partial charge in [-0.1, -0.05) is 6.07 Å². The van der Waals surface area contributed by atoms with Crippen LogP contribution in [0.2, 0.25) is 0 Å². The number of amides is 1. The first-order valence-corrected chi connectivity index (χ1v) is 7.60. The topological polar surface area (TPSA) is 52.6 Å². The van der Waals surface area contributed by atoms with Gasteiger partial charge in [0.25, 0.3) is 5.91 Å². The van der Waals surface area contributed by atoms with Crippen LogP contribution in [0.25, 0.3) is 0 Å². The van der Waals surface area contributed by atoms with Gasteiger partial charge in [-0.2, -0.15) is 0 Å². The molecule has 2 N–H and O–H groups in total. The number of carbonyl (C=O) groups excluding carboxylic acids is 1. The SMILES string of the molecule is CN(C)c1ccc(C(=O)NCC(C)(O)c2cccs2)cc1. The van der Waals surface area contributed by atoms with Crippen molar-refractivity contribution in [3.05, 3.63) is 52.2 Å². The summed E-state index contributed by atoms with van der Waals surface area (Å²) in [5.41, 5.74) is 0.577. The van der Waals surface area contributed by atoms with Gasteiger partial charge in [0.1, 0.15) is 5.60 Å². The summed E-state index contributed by atoms with van der Waals surface area (Å²) < 4.78 is 0. The summed E-state index contributed by atoms with van der Waals surface area (Å²) in [6, 6.07) is 11.1. The lowest BCUT2D eigenvalue weighted by atomic mass is 10.0. The summed E-state index contributed by atoms with van der Waals surface area (Å²) in [5, 5.41) is 15.1. The summed E-state index contributed by atoms with van der Waals surface area (Å²) in [6.45, 7) is 1.88. The van der Waals surface area contributed by atoms with E-state index in [1.165, 1.54) is 11.3 Å². The number of nitrogens with zero attached hydrogens (tertiary/aromatic N) is 1. The maximum Gasteiger partial charge on any atom is 0.251 e. The second-order valence-electron chi connectivity index (χ2n) is 5.38. The third-order valence-electron chi connectivity index (χ3n) is 3.29. The molecule has 0 bridgehead atoms. The maximum atomic E-state index is 12.1. The monoisotopic (exact) mass is 304 g/mol. The Bertz CT molecular complexity index is 589. The fraction of sp³-hybridized carbons (Fsp3) is 0.312. The lowest BCUT2D eigenvalue weighted by Crippen LogP contribution is -2.38. The predicted molar refractivity (Wildman–Crippen MR) is 87.0 cm³/mol. The van der Waals surface area contributed by atoms with Crippen LogP contribution in [0.1, 0.15) is 22.2 Å². The number of anilines is 1. The lowest BCUT2D eigenvalue weighted by molar-refractivity contribution is 0.0557. The highest BCUT2D eigenvalue weighted by molar-refractivity contribution is 7.10. The van der Waals surface area contributed by atoms with Crippen molar-refractivity contribution in [3.63, 3.8) is 0 Å². The van der Waals surface area contributed by atoms with Gasteiger partial charge in [-0.05, 0) is 42.6 Å². The summed E-state index contributed by atoms with van der Waals surface area (Å²) >= 11 is 1.48. The Balaban J connectivity index is 1.98. The molecule has 21 heavy (non-hydrogen) atoms. The van der Waals surface area contributed by atoms with E-state index in [9.17, 15) is 9.90 Å². The molecule has 0 aliphatic heterocycles. The minimum atomic E-state index is -1.05. The van der Waals surface area contributed by atoms with Gasteiger partial charge in [-0.15, -0.1) is 11.3 Å². The molecule has 1 atom stereocenters. The first kappa shape index (κ1) is 15.5. The Labute approximate surface area is 129 Å². The fourth-order valence-electron chi connectivity index (χ4n) is 1.94. The molecule has 0 aliphatic rings. The van der Waals surface area contributed by atoms with Gasteiger partial charge in [0.15, 0.2) is 0 Å². The Kier molecular flexibility index (Phi) is 4.65. The molecular formula is C16H20N2O2S. The second kappa shape index (κ2) is 6.28. The Morgan fingerprint density at radius 3 is 2.48 bits per heavy atom. The predicted octanol–water partition coefficient (Wildman–Crippen LogP) is 2.45. The summed E-state index contributed by atoms with van der Waals surface area (Å²) in [6.07, 6.45) is 0. The van der Waals surface area contributed by atoms with E-state index >= 15 is 0 Å². The first-order chi connectivity index (χ1) is 9.90. The lowest BCUT2D eigenvalue weighted by Gasteiger charge is -2.22. The molecular weight excluding hydrogens is 284 g/mol. The molecule has 0 saturated heterocycles. The molecule has 1 unspecified atom stereocenters. The van der Waals surface area contributed by atoms with Gasteiger partial charge < -0.3 is 15.3 Å². The van der Waals surface area contributed by atoms with Crippen LogP contribution in [0.5, 0.6) is 0 Å². The van der Waals surface area contributed by atoms with Crippen LogP contribution in [-0.4, -0.2) is 31.7 Å². The summed E-state index contributed by atoms with van der Waals surface area (Å²) in [5.74, 6) is -0.183. The van der Waals surface area contributed by atoms with Crippen molar-refractivity contribution in [1.29, 1.82) is 0 Å². The van der Waals surface area contributed by atoms with Gasteiger partial charge in [0, 0.05) is 30.2 Å². The summed E-state index contributed by atoms with van der Waals surface area (Å²) in [4.78, 5) is 14.9. The molecule has 5 heteroatoms. The van der Waals surface area contributed by atoms with Crippen LogP contribution >= 0.6 is 11.3 Å². The zero-order chi connectivity index (χ0) is 15.5. The van der Waals surface area contributed by atoms with Gasteiger partial charge in [-0.3, -0.25) is 4.79 Å². The van der Waals surface area contributed by atoms with E-state index < -0.39 is 5.60 Å². The largest absolute Gasteiger partial charge is 0.383 e. The van der Waals surface area contributed by atoms with E-state index in [1.807, 2.05) is 48.6 Å². The van der Waals surface area contributed by atoms with E-state index in [4.69, 9.17) is 0 Å². The van der Waals surface area contributed by atoms with Gasteiger partial charge >= 0.3 is 0 Å². The smallest absolute Gasteiger partial charge is 0.251 e. The number of thiophene rings is 1. The van der Waals surface area contributed by atoms with E-state index in [0.29, 0.717) is 5.56 Å². The number of benzene rings is 1. The average molecular weight is 304 g/mol. The van der Waals surface area contributed by atoms with E-state index in [-0.39, 0.29) is 12.5 Å². The Morgan fingerprint density at radius 1 is 1.29 bits per heavy atom. The Hall–Kier alpha value is -1.85. The van der Waals surface area contributed by atoms with Crippen LogP contribution < -0.4 is 10.2 Å². The van der Waals surface area contributed by atoms with Crippen molar-refractivity contribution in [2.45, 2.75) is 12.5 Å².